The summed E-state index contributed by atoms with van der Waals surface area (Å²) in [6.07, 6.45) is 7.24. The van der Waals surface area contributed by atoms with Crippen molar-refractivity contribution in [2.75, 3.05) is 0 Å². The van der Waals surface area contributed by atoms with Crippen LogP contribution in [-0.4, -0.2) is 6.10 Å². The molecule has 0 spiro atoms. The molecule has 1 aliphatic carbocycles. The highest BCUT2D eigenvalue weighted by Crippen LogP contribution is 2.26. The van der Waals surface area contributed by atoms with Crippen LogP contribution >= 0.6 is 0 Å². The van der Waals surface area contributed by atoms with Crippen LogP contribution in [0.1, 0.15) is 50.7 Å². The highest BCUT2D eigenvalue weighted by atomic mass is 16.5. The molecule has 1 radical (unpaired) electrons. The minimum atomic E-state index is 0.225. The van der Waals surface area contributed by atoms with Crippen LogP contribution < -0.4 is 0 Å². The van der Waals surface area contributed by atoms with E-state index < -0.39 is 0 Å². The third kappa shape index (κ3) is 3.07. The maximum Gasteiger partial charge on any atom is 0.0800 e. The molecule has 0 amide bonds. The van der Waals surface area contributed by atoms with Gasteiger partial charge in [0.05, 0.1) is 12.2 Å². The van der Waals surface area contributed by atoms with E-state index in [-0.39, 0.29) is 6.10 Å². The second-order valence-electron chi connectivity index (χ2n) is 4.37. The van der Waals surface area contributed by atoms with Crippen molar-refractivity contribution >= 4 is 0 Å². The lowest BCUT2D eigenvalue weighted by Gasteiger charge is -2.25. The molecule has 1 heteroatoms. The Morgan fingerprint density at radius 3 is 2.53 bits per heavy atom. The number of ether oxygens (including phenoxy) is 1. The summed E-state index contributed by atoms with van der Waals surface area (Å²) in [6.45, 7) is 2.14. The van der Waals surface area contributed by atoms with E-state index >= 15 is 0 Å². The molecule has 1 aromatic rings. The third-order valence-corrected chi connectivity index (χ3v) is 3.16. The fourth-order valence-electron chi connectivity index (χ4n) is 2.24. The molecule has 0 saturated heterocycles. The SMILES string of the molecule is CC(OC1CCCCC1)c1cc[c]cc1. The third-order valence-electron chi connectivity index (χ3n) is 3.16. The lowest BCUT2D eigenvalue weighted by Crippen LogP contribution is -2.18. The van der Waals surface area contributed by atoms with Crippen LogP contribution in [0.25, 0.3) is 0 Å². The maximum absolute atomic E-state index is 6.06. The van der Waals surface area contributed by atoms with E-state index in [0.29, 0.717) is 6.10 Å². The lowest BCUT2D eigenvalue weighted by atomic mass is 9.97. The lowest BCUT2D eigenvalue weighted by molar-refractivity contribution is -0.0222. The van der Waals surface area contributed by atoms with Gasteiger partial charge in [-0.15, -0.1) is 0 Å². The molecule has 1 fully saturated rings. The fourth-order valence-corrected chi connectivity index (χ4v) is 2.24. The summed E-state index contributed by atoms with van der Waals surface area (Å²) in [5.41, 5.74) is 1.26. The van der Waals surface area contributed by atoms with Gasteiger partial charge in [0, 0.05) is 0 Å². The van der Waals surface area contributed by atoms with E-state index in [1.807, 2.05) is 12.1 Å². The first-order chi connectivity index (χ1) is 7.36. The number of hydrogen-bond donors (Lipinski definition) is 0. The first kappa shape index (κ1) is 10.7. The molecule has 1 unspecified atom stereocenters. The fraction of sp³-hybridized carbons (Fsp3) is 0.571. The average Bonchev–Trinajstić information content (AvgIpc) is 2.31. The van der Waals surface area contributed by atoms with Crippen LogP contribution in [-0.2, 0) is 4.74 Å². The first-order valence-corrected chi connectivity index (χ1v) is 5.98. The number of benzene rings is 1. The van der Waals surface area contributed by atoms with Crippen molar-refractivity contribution < 1.29 is 4.74 Å². The van der Waals surface area contributed by atoms with Crippen molar-refractivity contribution in [2.24, 2.45) is 0 Å². The molecular weight excluding hydrogens is 184 g/mol. The van der Waals surface area contributed by atoms with Crippen molar-refractivity contribution in [3.63, 3.8) is 0 Å². The second-order valence-corrected chi connectivity index (χ2v) is 4.37. The minimum absolute atomic E-state index is 0.225. The van der Waals surface area contributed by atoms with Gasteiger partial charge < -0.3 is 4.74 Å². The summed E-state index contributed by atoms with van der Waals surface area (Å²) in [7, 11) is 0. The summed E-state index contributed by atoms with van der Waals surface area (Å²) in [4.78, 5) is 0. The smallest absolute Gasteiger partial charge is 0.0800 e. The molecule has 15 heavy (non-hydrogen) atoms. The summed E-state index contributed by atoms with van der Waals surface area (Å²) in [6, 6.07) is 11.1. The molecular formula is C14H19O. The monoisotopic (exact) mass is 203 g/mol. The standard InChI is InChI=1S/C14H19O/c1-12(13-8-4-2-5-9-13)15-14-10-6-3-7-11-14/h4-5,8-9,12,14H,3,6-7,10-11H2,1H3. The molecule has 81 valence electrons. The Morgan fingerprint density at radius 2 is 1.87 bits per heavy atom. The highest BCUT2D eigenvalue weighted by molar-refractivity contribution is 5.16. The van der Waals surface area contributed by atoms with Crippen molar-refractivity contribution in [3.05, 3.63) is 35.9 Å². The van der Waals surface area contributed by atoms with E-state index in [4.69, 9.17) is 4.74 Å². The molecule has 1 saturated carbocycles. The van der Waals surface area contributed by atoms with Crippen LogP contribution in [0.4, 0.5) is 0 Å². The van der Waals surface area contributed by atoms with Crippen LogP contribution in [0.15, 0.2) is 24.3 Å². The van der Waals surface area contributed by atoms with E-state index in [0.717, 1.165) is 0 Å². The van der Waals surface area contributed by atoms with Gasteiger partial charge in [0.1, 0.15) is 0 Å². The molecule has 1 atom stereocenters. The second kappa shape index (κ2) is 5.32. The first-order valence-electron chi connectivity index (χ1n) is 5.98. The predicted molar refractivity (Wildman–Crippen MR) is 61.7 cm³/mol. The highest BCUT2D eigenvalue weighted by Gasteiger charge is 2.17. The maximum atomic E-state index is 6.06. The Kier molecular flexibility index (Phi) is 3.79. The van der Waals surface area contributed by atoms with Crippen molar-refractivity contribution in [2.45, 2.75) is 51.2 Å². The van der Waals surface area contributed by atoms with Crippen LogP contribution in [0.3, 0.4) is 0 Å². The molecule has 1 aliphatic rings. The van der Waals surface area contributed by atoms with Gasteiger partial charge in [-0.2, -0.15) is 0 Å². The Bertz CT molecular complexity index is 275. The summed E-state index contributed by atoms with van der Waals surface area (Å²) < 4.78 is 6.06. The van der Waals surface area contributed by atoms with Gasteiger partial charge >= 0.3 is 0 Å². The molecule has 0 bridgehead atoms. The Balaban J connectivity index is 1.88. The van der Waals surface area contributed by atoms with Gasteiger partial charge in [-0.25, -0.2) is 0 Å². The molecule has 0 aromatic heterocycles. The molecule has 0 heterocycles. The van der Waals surface area contributed by atoms with Crippen LogP contribution in [0.5, 0.6) is 0 Å². The molecule has 1 nitrogen and oxygen atoms in total. The zero-order valence-corrected chi connectivity index (χ0v) is 9.41. The molecule has 2 rings (SSSR count). The quantitative estimate of drug-likeness (QED) is 0.724. The topological polar surface area (TPSA) is 9.23 Å². The van der Waals surface area contributed by atoms with Gasteiger partial charge in [0.2, 0.25) is 0 Å². The van der Waals surface area contributed by atoms with Gasteiger partial charge in [-0.05, 0) is 31.4 Å². The molecule has 0 N–H and O–H groups in total. The molecule has 1 aromatic carbocycles. The normalized spacial score (nSPS) is 20.1. The summed E-state index contributed by atoms with van der Waals surface area (Å²) in [5.74, 6) is 0. The average molecular weight is 203 g/mol. The Labute approximate surface area is 92.5 Å². The zero-order valence-electron chi connectivity index (χ0n) is 9.41. The predicted octanol–water partition coefficient (Wildman–Crippen LogP) is 3.90. The molecule has 0 aliphatic heterocycles. The van der Waals surface area contributed by atoms with E-state index in [1.54, 1.807) is 0 Å². The van der Waals surface area contributed by atoms with Gasteiger partial charge in [0.15, 0.2) is 0 Å². The minimum Gasteiger partial charge on any atom is -0.371 e. The summed E-state index contributed by atoms with van der Waals surface area (Å²) >= 11 is 0. The van der Waals surface area contributed by atoms with Crippen LogP contribution in [0.2, 0.25) is 0 Å². The van der Waals surface area contributed by atoms with E-state index in [9.17, 15) is 0 Å². The van der Waals surface area contributed by atoms with Crippen molar-refractivity contribution in [3.8, 4) is 0 Å². The largest absolute Gasteiger partial charge is 0.371 e. The van der Waals surface area contributed by atoms with Gasteiger partial charge in [-0.3, -0.25) is 0 Å². The van der Waals surface area contributed by atoms with Crippen molar-refractivity contribution in [1.29, 1.82) is 0 Å². The number of hydrogen-bond acceptors (Lipinski definition) is 1. The zero-order chi connectivity index (χ0) is 10.5. The summed E-state index contributed by atoms with van der Waals surface area (Å²) in [5, 5.41) is 0. The van der Waals surface area contributed by atoms with Crippen LogP contribution in [0, 0.1) is 6.07 Å². The van der Waals surface area contributed by atoms with E-state index in [1.165, 1.54) is 37.7 Å². The van der Waals surface area contributed by atoms with E-state index in [2.05, 4.69) is 25.1 Å². The van der Waals surface area contributed by atoms with Gasteiger partial charge in [0.25, 0.3) is 0 Å². The number of rotatable bonds is 3. The van der Waals surface area contributed by atoms with Crippen molar-refractivity contribution in [1.82, 2.24) is 0 Å². The Morgan fingerprint density at radius 1 is 1.20 bits per heavy atom. The Hall–Kier alpha value is -0.820. The van der Waals surface area contributed by atoms with Gasteiger partial charge in [-0.1, -0.05) is 43.5 Å².